The first-order valence-electron chi connectivity index (χ1n) is 33.0. The molecule has 5 atom stereocenters. The van der Waals surface area contributed by atoms with Crippen molar-refractivity contribution in [1.82, 2.24) is 0 Å². The summed E-state index contributed by atoms with van der Waals surface area (Å²) in [4.78, 5) is 72.1. The van der Waals surface area contributed by atoms with E-state index in [1.807, 2.05) is 0 Å². The van der Waals surface area contributed by atoms with E-state index in [1.165, 1.54) is 116 Å². The predicted molar refractivity (Wildman–Crippen MR) is 326 cm³/mol. The number of hydrogen-bond acceptors (Lipinski definition) is 15. The van der Waals surface area contributed by atoms with Crippen LogP contribution in [0.5, 0.6) is 0 Å². The van der Waals surface area contributed by atoms with Crippen LogP contribution in [0.1, 0.15) is 311 Å². The SMILES string of the molecule is CCCCCCCCCCCCCC(=O)O[C@H](COC(=O)CCCCCCCCC)COP(=O)(O)OC[C@H](O)COP(=O)(O)OC[C@@H](COC(=O)CCCCCCCCCCC(C)C)OC(=O)CCCCCCCCCCCCC(C)C. The van der Waals surface area contributed by atoms with Gasteiger partial charge in [0.15, 0.2) is 12.2 Å². The molecule has 0 bridgehead atoms. The van der Waals surface area contributed by atoms with Crippen LogP contribution in [0.4, 0.5) is 0 Å². The van der Waals surface area contributed by atoms with E-state index in [0.717, 1.165) is 115 Å². The quantitative estimate of drug-likeness (QED) is 0.0222. The van der Waals surface area contributed by atoms with Crippen LogP contribution in [0.2, 0.25) is 0 Å². The van der Waals surface area contributed by atoms with Crippen molar-refractivity contribution in [3.63, 3.8) is 0 Å². The maximum Gasteiger partial charge on any atom is 0.472 e. The molecule has 0 rings (SSSR count). The Hall–Kier alpha value is -1.94. The summed E-state index contributed by atoms with van der Waals surface area (Å²) in [5.41, 5.74) is 0. The van der Waals surface area contributed by atoms with Crippen molar-refractivity contribution >= 4 is 39.5 Å². The molecule has 0 aromatic heterocycles. The number of carbonyl (C=O) groups excluding carboxylic acids is 4. The average molecular weight is 1210 g/mol. The second-order valence-electron chi connectivity index (χ2n) is 23.7. The second-order valence-corrected chi connectivity index (χ2v) is 26.7. The summed E-state index contributed by atoms with van der Waals surface area (Å²) in [5.74, 6) is -0.661. The Morgan fingerprint density at radius 3 is 0.829 bits per heavy atom. The molecule has 486 valence electrons. The second kappa shape index (κ2) is 55.6. The zero-order valence-corrected chi connectivity index (χ0v) is 54.6. The molecule has 0 aliphatic rings. The first-order chi connectivity index (χ1) is 39.4. The van der Waals surface area contributed by atoms with Gasteiger partial charge >= 0.3 is 39.5 Å². The van der Waals surface area contributed by atoms with Crippen LogP contribution in [-0.2, 0) is 65.4 Å². The molecule has 2 unspecified atom stereocenters. The zero-order valence-electron chi connectivity index (χ0n) is 52.8. The van der Waals surface area contributed by atoms with Gasteiger partial charge in [0.1, 0.15) is 19.3 Å². The number of aliphatic hydroxyl groups is 1. The highest BCUT2D eigenvalue weighted by Crippen LogP contribution is 2.45. The maximum absolute atomic E-state index is 13.0. The Morgan fingerprint density at radius 2 is 0.561 bits per heavy atom. The van der Waals surface area contributed by atoms with Crippen molar-refractivity contribution in [3.05, 3.63) is 0 Å². The van der Waals surface area contributed by atoms with Crippen LogP contribution < -0.4 is 0 Å². The van der Waals surface area contributed by atoms with Gasteiger partial charge in [0.05, 0.1) is 26.4 Å². The van der Waals surface area contributed by atoms with E-state index in [2.05, 4.69) is 41.5 Å². The van der Waals surface area contributed by atoms with Gasteiger partial charge in [-0.3, -0.25) is 37.3 Å². The van der Waals surface area contributed by atoms with Gasteiger partial charge in [0.2, 0.25) is 0 Å². The summed E-state index contributed by atoms with van der Waals surface area (Å²) < 4.78 is 67.9. The van der Waals surface area contributed by atoms with Crippen LogP contribution in [0.15, 0.2) is 0 Å². The lowest BCUT2D eigenvalue weighted by Crippen LogP contribution is -2.30. The first kappa shape index (κ1) is 80.1. The number of aliphatic hydroxyl groups excluding tert-OH is 1. The fourth-order valence-electron chi connectivity index (χ4n) is 9.35. The molecule has 0 heterocycles. The third kappa shape index (κ3) is 57.2. The summed E-state index contributed by atoms with van der Waals surface area (Å²) in [6.45, 7) is 9.40. The summed E-state index contributed by atoms with van der Waals surface area (Å²) in [7, 11) is -9.88. The normalized spacial score (nSPS) is 14.3. The summed E-state index contributed by atoms with van der Waals surface area (Å²) in [6, 6.07) is 0. The first-order valence-corrected chi connectivity index (χ1v) is 36.0. The number of esters is 4. The molecule has 0 radical (unpaired) electrons. The van der Waals surface area contributed by atoms with Crippen LogP contribution in [0, 0.1) is 11.8 Å². The molecule has 0 amide bonds. The molecule has 0 saturated heterocycles. The van der Waals surface area contributed by atoms with Crippen LogP contribution in [-0.4, -0.2) is 96.7 Å². The lowest BCUT2D eigenvalue weighted by Gasteiger charge is -2.21. The monoisotopic (exact) mass is 1210 g/mol. The fraction of sp³-hybridized carbons (Fsp3) is 0.937. The van der Waals surface area contributed by atoms with Crippen molar-refractivity contribution in [2.24, 2.45) is 11.8 Å². The molecular weight excluding hydrogens is 1090 g/mol. The van der Waals surface area contributed by atoms with E-state index in [0.29, 0.717) is 25.7 Å². The summed E-state index contributed by atoms with van der Waals surface area (Å²) in [5, 5.41) is 10.5. The lowest BCUT2D eigenvalue weighted by molar-refractivity contribution is -0.161. The third-order valence-electron chi connectivity index (χ3n) is 14.5. The molecule has 17 nitrogen and oxygen atoms in total. The number of ether oxygens (including phenoxy) is 4. The molecule has 0 fully saturated rings. The van der Waals surface area contributed by atoms with Gasteiger partial charge in [-0.05, 0) is 37.5 Å². The highest BCUT2D eigenvalue weighted by Gasteiger charge is 2.30. The van der Waals surface area contributed by atoms with Crippen LogP contribution in [0.3, 0.4) is 0 Å². The number of hydrogen-bond donors (Lipinski definition) is 3. The summed E-state index contributed by atoms with van der Waals surface area (Å²) in [6.07, 6.45) is 37.6. The molecule has 3 N–H and O–H groups in total. The third-order valence-corrected chi connectivity index (χ3v) is 16.4. The number of phosphoric acid groups is 2. The van der Waals surface area contributed by atoms with Crippen molar-refractivity contribution in [3.8, 4) is 0 Å². The summed E-state index contributed by atoms with van der Waals surface area (Å²) >= 11 is 0. The van der Waals surface area contributed by atoms with E-state index in [9.17, 15) is 43.2 Å². The van der Waals surface area contributed by atoms with E-state index >= 15 is 0 Å². The van der Waals surface area contributed by atoms with Gasteiger partial charge < -0.3 is 33.8 Å². The van der Waals surface area contributed by atoms with Gasteiger partial charge in [-0.15, -0.1) is 0 Å². The topological polar surface area (TPSA) is 237 Å². The predicted octanol–water partition coefficient (Wildman–Crippen LogP) is 17.3. The Morgan fingerprint density at radius 1 is 0.329 bits per heavy atom. The van der Waals surface area contributed by atoms with E-state index < -0.39 is 97.5 Å². The van der Waals surface area contributed by atoms with Crippen molar-refractivity contribution in [2.45, 2.75) is 330 Å². The van der Waals surface area contributed by atoms with Gasteiger partial charge in [-0.1, -0.05) is 260 Å². The Bertz CT molecular complexity index is 1620. The minimum absolute atomic E-state index is 0.105. The Labute approximate surface area is 498 Å². The number of rotatable bonds is 62. The number of phosphoric ester groups is 2. The minimum Gasteiger partial charge on any atom is -0.462 e. The van der Waals surface area contributed by atoms with Gasteiger partial charge in [-0.2, -0.15) is 0 Å². The van der Waals surface area contributed by atoms with E-state index in [-0.39, 0.29) is 25.7 Å². The smallest absolute Gasteiger partial charge is 0.462 e. The van der Waals surface area contributed by atoms with E-state index in [1.54, 1.807) is 0 Å². The highest BCUT2D eigenvalue weighted by molar-refractivity contribution is 7.47. The molecule has 0 spiro atoms. The molecular formula is C63H122O17P2. The number of carbonyl (C=O) groups is 4. The van der Waals surface area contributed by atoms with Crippen molar-refractivity contribution in [2.75, 3.05) is 39.6 Å². The largest absolute Gasteiger partial charge is 0.472 e. The molecule has 82 heavy (non-hydrogen) atoms. The molecule has 19 heteroatoms. The zero-order chi connectivity index (χ0) is 60.8. The van der Waals surface area contributed by atoms with Crippen LogP contribution in [0.25, 0.3) is 0 Å². The molecule has 0 aliphatic heterocycles. The molecule has 0 aliphatic carbocycles. The minimum atomic E-state index is -4.94. The molecule has 0 aromatic carbocycles. The Balaban J connectivity index is 5.22. The van der Waals surface area contributed by atoms with Gasteiger partial charge in [0, 0.05) is 25.7 Å². The fourth-order valence-corrected chi connectivity index (χ4v) is 10.9. The van der Waals surface area contributed by atoms with E-state index in [4.69, 9.17) is 37.0 Å². The number of unbranched alkanes of at least 4 members (excludes halogenated alkanes) is 32. The van der Waals surface area contributed by atoms with Crippen molar-refractivity contribution in [1.29, 1.82) is 0 Å². The lowest BCUT2D eigenvalue weighted by atomic mass is 10.0. The van der Waals surface area contributed by atoms with Gasteiger partial charge in [-0.25, -0.2) is 9.13 Å². The maximum atomic E-state index is 13.0. The van der Waals surface area contributed by atoms with Crippen LogP contribution >= 0.6 is 15.6 Å². The Kier molecular flexibility index (Phi) is 54.3. The van der Waals surface area contributed by atoms with Crippen molar-refractivity contribution < 1.29 is 80.2 Å². The average Bonchev–Trinajstić information content (AvgIpc) is 3.44. The standard InChI is InChI=1S/C63H122O17P2/c1-7-9-11-13-15-16-17-21-29-35-41-47-62(67)79-58(51-73-60(65)45-39-33-25-14-12-10-8-2)53-77-81(69,70)75-49-57(64)50-76-82(71,72)78-54-59(52-74-61(66)46-40-34-28-24-23-27-32-38-44-56(5)6)80-63(68)48-42-36-30-22-19-18-20-26-31-37-43-55(3)4/h55-59,64H,7-54H2,1-6H3,(H,69,70)(H,71,72)/t57-,58+,59+/m0/s1. The molecule has 0 aromatic rings. The highest BCUT2D eigenvalue weighted by atomic mass is 31.2. The van der Waals surface area contributed by atoms with Gasteiger partial charge in [0.25, 0.3) is 0 Å². The molecule has 0 saturated carbocycles.